The summed E-state index contributed by atoms with van der Waals surface area (Å²) in [5.41, 5.74) is 1.89. The van der Waals surface area contributed by atoms with E-state index in [1.54, 1.807) is 12.0 Å². The normalized spacial score (nSPS) is 16.1. The van der Waals surface area contributed by atoms with Crippen LogP contribution < -0.4 is 4.74 Å². The van der Waals surface area contributed by atoms with Crippen LogP contribution >= 0.6 is 39.9 Å². The van der Waals surface area contributed by atoms with Gasteiger partial charge in [0.05, 0.1) is 18.6 Å². The zero-order valence-electron chi connectivity index (χ0n) is 12.9. The molecule has 0 unspecified atom stereocenters. The number of benzene rings is 2. The van der Waals surface area contributed by atoms with E-state index in [1.807, 2.05) is 54.6 Å². The lowest BCUT2D eigenvalue weighted by Gasteiger charge is -2.14. The molecule has 0 radical (unpaired) electrons. The molecule has 0 bridgehead atoms. The highest BCUT2D eigenvalue weighted by molar-refractivity contribution is 9.10. The first kappa shape index (κ1) is 17.2. The van der Waals surface area contributed by atoms with E-state index in [0.717, 1.165) is 15.6 Å². The van der Waals surface area contributed by atoms with E-state index in [2.05, 4.69) is 15.9 Å². The summed E-state index contributed by atoms with van der Waals surface area (Å²) in [6.07, 6.45) is 1.83. The molecule has 1 fully saturated rings. The molecule has 0 saturated carbocycles. The van der Waals surface area contributed by atoms with Crippen molar-refractivity contribution in [3.8, 4) is 5.75 Å². The van der Waals surface area contributed by atoms with Crippen molar-refractivity contribution in [2.45, 2.75) is 6.54 Å². The van der Waals surface area contributed by atoms with Crippen LogP contribution in [0.15, 0.2) is 57.9 Å². The van der Waals surface area contributed by atoms with Crippen LogP contribution in [0, 0.1) is 0 Å². The molecule has 2 aromatic carbocycles. The van der Waals surface area contributed by atoms with Crippen molar-refractivity contribution in [2.75, 3.05) is 7.11 Å². The van der Waals surface area contributed by atoms with Crippen molar-refractivity contribution in [3.05, 3.63) is 69.0 Å². The number of methoxy groups -OCH3 is 1. The molecular formula is C18H14BrNO2S2. The van der Waals surface area contributed by atoms with Crippen LogP contribution in [0.25, 0.3) is 6.08 Å². The number of amides is 1. The van der Waals surface area contributed by atoms with Crippen LogP contribution in [0.2, 0.25) is 0 Å². The second-order valence-corrected chi connectivity index (χ2v) is 7.73. The Kier molecular flexibility index (Phi) is 5.38. The van der Waals surface area contributed by atoms with Gasteiger partial charge in [-0.3, -0.25) is 9.69 Å². The second-order valence-electron chi connectivity index (χ2n) is 5.14. The Morgan fingerprint density at radius 1 is 1.25 bits per heavy atom. The smallest absolute Gasteiger partial charge is 0.266 e. The first-order valence-electron chi connectivity index (χ1n) is 7.21. The van der Waals surface area contributed by atoms with E-state index in [0.29, 0.717) is 21.5 Å². The van der Waals surface area contributed by atoms with Crippen LogP contribution in [0.3, 0.4) is 0 Å². The molecule has 0 spiro atoms. The number of thioether (sulfide) groups is 1. The fraction of sp³-hybridized carbons (Fsp3) is 0.111. The van der Waals surface area contributed by atoms with E-state index >= 15 is 0 Å². The SMILES string of the molecule is COc1ccc(Br)cc1C=C1SC(=S)N(Cc2ccccc2)C1=O. The Morgan fingerprint density at radius 2 is 2.00 bits per heavy atom. The molecule has 3 nitrogen and oxygen atoms in total. The van der Waals surface area contributed by atoms with Gasteiger partial charge in [-0.1, -0.05) is 70.2 Å². The average molecular weight is 420 g/mol. The molecule has 1 heterocycles. The zero-order chi connectivity index (χ0) is 17.1. The number of nitrogens with zero attached hydrogens (tertiary/aromatic N) is 1. The molecule has 2 aromatic rings. The fourth-order valence-corrected chi connectivity index (χ4v) is 3.99. The van der Waals surface area contributed by atoms with Crippen LogP contribution in [-0.4, -0.2) is 22.2 Å². The minimum absolute atomic E-state index is 0.0733. The van der Waals surface area contributed by atoms with Gasteiger partial charge in [-0.25, -0.2) is 0 Å². The number of halogens is 1. The summed E-state index contributed by atoms with van der Waals surface area (Å²) >= 11 is 10.1. The third-order valence-corrected chi connectivity index (χ3v) is 5.41. The molecule has 0 N–H and O–H groups in total. The Balaban J connectivity index is 1.87. The number of hydrogen-bond acceptors (Lipinski definition) is 4. The quantitative estimate of drug-likeness (QED) is 0.522. The molecule has 0 atom stereocenters. The number of carbonyl (C=O) groups excluding carboxylic acids is 1. The van der Waals surface area contributed by atoms with Crippen LogP contribution in [0.4, 0.5) is 0 Å². The number of hydrogen-bond donors (Lipinski definition) is 0. The van der Waals surface area contributed by atoms with E-state index in [-0.39, 0.29) is 5.91 Å². The molecule has 1 aliphatic heterocycles. The maximum Gasteiger partial charge on any atom is 0.266 e. The Bertz CT molecular complexity index is 821. The molecule has 0 aromatic heterocycles. The lowest BCUT2D eigenvalue weighted by atomic mass is 10.1. The maximum atomic E-state index is 12.7. The van der Waals surface area contributed by atoms with Gasteiger partial charge < -0.3 is 4.74 Å². The summed E-state index contributed by atoms with van der Waals surface area (Å²) in [5.74, 6) is 0.641. The first-order valence-corrected chi connectivity index (χ1v) is 9.23. The largest absolute Gasteiger partial charge is 0.496 e. The predicted molar refractivity (Wildman–Crippen MR) is 106 cm³/mol. The summed E-state index contributed by atoms with van der Waals surface area (Å²) < 4.78 is 6.86. The first-order chi connectivity index (χ1) is 11.6. The number of ether oxygens (including phenoxy) is 1. The van der Waals surface area contributed by atoms with Gasteiger partial charge in [0.2, 0.25) is 0 Å². The minimum atomic E-state index is -0.0733. The summed E-state index contributed by atoms with van der Waals surface area (Å²) in [4.78, 5) is 14.9. The third-order valence-electron chi connectivity index (χ3n) is 3.54. The highest BCUT2D eigenvalue weighted by atomic mass is 79.9. The molecule has 1 aliphatic rings. The van der Waals surface area contributed by atoms with Crippen molar-refractivity contribution >= 4 is 56.2 Å². The van der Waals surface area contributed by atoms with Gasteiger partial charge in [0.1, 0.15) is 10.1 Å². The van der Waals surface area contributed by atoms with Gasteiger partial charge in [-0.15, -0.1) is 0 Å². The second kappa shape index (κ2) is 7.51. The van der Waals surface area contributed by atoms with Crippen LogP contribution in [0.1, 0.15) is 11.1 Å². The summed E-state index contributed by atoms with van der Waals surface area (Å²) in [5, 5.41) is 0. The van der Waals surface area contributed by atoms with Gasteiger partial charge in [-0.2, -0.15) is 0 Å². The third kappa shape index (κ3) is 3.71. The molecule has 1 saturated heterocycles. The van der Waals surface area contributed by atoms with Crippen molar-refractivity contribution in [1.82, 2.24) is 4.90 Å². The molecule has 3 rings (SSSR count). The van der Waals surface area contributed by atoms with E-state index < -0.39 is 0 Å². The average Bonchev–Trinajstić information content (AvgIpc) is 2.84. The number of carbonyl (C=O) groups is 1. The fourth-order valence-electron chi connectivity index (χ4n) is 2.36. The van der Waals surface area contributed by atoms with Gasteiger partial charge >= 0.3 is 0 Å². The van der Waals surface area contributed by atoms with Gasteiger partial charge in [0, 0.05) is 10.0 Å². The molecule has 6 heteroatoms. The van der Waals surface area contributed by atoms with E-state index in [4.69, 9.17) is 17.0 Å². The van der Waals surface area contributed by atoms with Crippen LogP contribution in [-0.2, 0) is 11.3 Å². The molecule has 1 amide bonds. The Labute approximate surface area is 158 Å². The maximum absolute atomic E-state index is 12.7. The van der Waals surface area contributed by atoms with Gasteiger partial charge in [0.25, 0.3) is 5.91 Å². The summed E-state index contributed by atoms with van der Waals surface area (Å²) in [6, 6.07) is 15.5. The van der Waals surface area contributed by atoms with Gasteiger partial charge in [0.15, 0.2) is 0 Å². The monoisotopic (exact) mass is 419 g/mol. The van der Waals surface area contributed by atoms with Crippen LogP contribution in [0.5, 0.6) is 5.75 Å². The molecular weight excluding hydrogens is 406 g/mol. The zero-order valence-corrected chi connectivity index (χ0v) is 16.1. The van der Waals surface area contributed by atoms with E-state index in [9.17, 15) is 4.79 Å². The number of thiocarbonyl (C=S) groups is 1. The minimum Gasteiger partial charge on any atom is -0.496 e. The van der Waals surface area contributed by atoms with Crippen molar-refractivity contribution in [1.29, 1.82) is 0 Å². The molecule has 24 heavy (non-hydrogen) atoms. The van der Waals surface area contributed by atoms with E-state index in [1.165, 1.54) is 11.8 Å². The van der Waals surface area contributed by atoms with Crippen molar-refractivity contribution in [2.24, 2.45) is 0 Å². The number of rotatable bonds is 4. The van der Waals surface area contributed by atoms with Gasteiger partial charge in [-0.05, 0) is 29.8 Å². The lowest BCUT2D eigenvalue weighted by Crippen LogP contribution is -2.27. The summed E-state index contributed by atoms with van der Waals surface area (Å²) in [7, 11) is 1.61. The predicted octanol–water partition coefficient (Wildman–Crippen LogP) is 4.86. The highest BCUT2D eigenvalue weighted by Crippen LogP contribution is 2.35. The Morgan fingerprint density at radius 3 is 2.71 bits per heavy atom. The summed E-state index contributed by atoms with van der Waals surface area (Å²) in [6.45, 7) is 0.485. The topological polar surface area (TPSA) is 29.5 Å². The molecule has 122 valence electrons. The standard InChI is InChI=1S/C18H14BrNO2S2/c1-22-15-8-7-14(19)9-13(15)10-16-17(21)20(18(23)24-16)11-12-5-3-2-4-6-12/h2-10H,11H2,1H3. The van der Waals surface area contributed by atoms with Crippen molar-refractivity contribution < 1.29 is 9.53 Å². The van der Waals surface area contributed by atoms with Crippen molar-refractivity contribution in [3.63, 3.8) is 0 Å². The lowest BCUT2D eigenvalue weighted by molar-refractivity contribution is -0.122. The Hall–Kier alpha value is -1.63. The highest BCUT2D eigenvalue weighted by Gasteiger charge is 2.32. The molecule has 0 aliphatic carbocycles.